The molecule has 2 aliphatic rings. The van der Waals surface area contributed by atoms with Gasteiger partial charge < -0.3 is 47.4 Å². The van der Waals surface area contributed by atoms with E-state index in [1.54, 1.807) is 12.1 Å². The number of carbonyl (C=O) groups is 7. The summed E-state index contributed by atoms with van der Waals surface area (Å²) < 4.78 is 57.0. The fourth-order valence-electron chi connectivity index (χ4n) is 5.32. The standard InChI is InChI=1S/C33H42O17S/c1-15-9-11-23(12-10-15)51-33-31(47-22(8)40)29(45-20(6)38)27(25(49-33)14-42-17(3)35)50-32-30(46-21(7)39)28(44-19(5)37)26(43-18(4)36)24(48-32)13-41-16(2)34/h9-12,24-33H,13-14H2,1-8H3/t24?,25?,26-,27+,28?,29?,30?,31?,32+,33-/m0/s1. The Labute approximate surface area is 298 Å². The van der Waals surface area contributed by atoms with Gasteiger partial charge in [0.2, 0.25) is 0 Å². The molecule has 6 unspecified atom stereocenters. The molecule has 0 radical (unpaired) electrons. The molecule has 1 aromatic carbocycles. The zero-order chi connectivity index (χ0) is 38.0. The molecule has 0 amide bonds. The smallest absolute Gasteiger partial charge is 0.303 e. The highest BCUT2D eigenvalue weighted by Gasteiger charge is 2.57. The Bertz CT molecular complexity index is 1430. The number of hydrogen-bond donors (Lipinski definition) is 0. The van der Waals surface area contributed by atoms with Crippen molar-refractivity contribution in [3.8, 4) is 0 Å². The Morgan fingerprint density at radius 3 is 1.41 bits per heavy atom. The lowest BCUT2D eigenvalue weighted by molar-refractivity contribution is -0.341. The summed E-state index contributed by atoms with van der Waals surface area (Å²) in [5.41, 5.74) is -0.0824. The molecule has 2 heterocycles. The van der Waals surface area contributed by atoms with E-state index in [0.29, 0.717) is 4.90 Å². The van der Waals surface area contributed by atoms with Crippen molar-refractivity contribution in [2.75, 3.05) is 13.2 Å². The van der Waals surface area contributed by atoms with Crippen LogP contribution < -0.4 is 0 Å². The zero-order valence-electron chi connectivity index (χ0n) is 29.3. The predicted octanol–water partition coefficient (Wildman–Crippen LogP) is 1.71. The SMILES string of the molecule is CC(=O)OCC1O[C@@H](Sc2ccc(C)cc2)C(OC(C)=O)C(OC(C)=O)[C@@H]1O[C@H]1OC(COC(C)=O)[C@H](OC(C)=O)C(OC(C)=O)C1OC(C)=O. The van der Waals surface area contributed by atoms with E-state index in [1.165, 1.54) is 0 Å². The average Bonchev–Trinajstić information content (AvgIpc) is 3.00. The molecular weight excluding hydrogens is 700 g/mol. The molecule has 0 saturated carbocycles. The summed E-state index contributed by atoms with van der Waals surface area (Å²) >= 11 is 1.13. The van der Waals surface area contributed by atoms with Crippen molar-refractivity contribution in [3.63, 3.8) is 0 Å². The van der Waals surface area contributed by atoms with Gasteiger partial charge in [0.05, 0.1) is 0 Å². The van der Waals surface area contributed by atoms with Crippen LogP contribution in [0.3, 0.4) is 0 Å². The Kier molecular flexibility index (Phi) is 15.2. The molecule has 0 spiro atoms. The van der Waals surface area contributed by atoms with E-state index in [2.05, 4.69) is 0 Å². The maximum Gasteiger partial charge on any atom is 0.303 e. The molecule has 282 valence electrons. The molecule has 0 aliphatic carbocycles. The summed E-state index contributed by atoms with van der Waals surface area (Å²) in [7, 11) is 0. The number of aryl methyl sites for hydroxylation is 1. The van der Waals surface area contributed by atoms with Gasteiger partial charge in [0.25, 0.3) is 0 Å². The molecule has 3 rings (SSSR count). The number of ether oxygens (including phenoxy) is 10. The third kappa shape index (κ3) is 12.5. The van der Waals surface area contributed by atoms with Crippen molar-refractivity contribution in [1.29, 1.82) is 0 Å². The number of hydrogen-bond acceptors (Lipinski definition) is 18. The van der Waals surface area contributed by atoms with Crippen LogP contribution in [0, 0.1) is 6.92 Å². The van der Waals surface area contributed by atoms with E-state index in [0.717, 1.165) is 65.8 Å². The Morgan fingerprint density at radius 2 is 0.941 bits per heavy atom. The topological polar surface area (TPSA) is 212 Å². The second-order valence-electron chi connectivity index (χ2n) is 11.6. The molecule has 0 bridgehead atoms. The zero-order valence-corrected chi connectivity index (χ0v) is 30.2. The highest BCUT2D eigenvalue weighted by Crippen LogP contribution is 2.39. The van der Waals surface area contributed by atoms with Crippen molar-refractivity contribution in [2.45, 2.75) is 121 Å². The van der Waals surface area contributed by atoms with Gasteiger partial charge in [0, 0.05) is 53.4 Å². The van der Waals surface area contributed by atoms with Crippen LogP contribution in [0.25, 0.3) is 0 Å². The van der Waals surface area contributed by atoms with E-state index < -0.39 is 116 Å². The van der Waals surface area contributed by atoms with E-state index in [4.69, 9.17) is 47.4 Å². The van der Waals surface area contributed by atoms with Gasteiger partial charge in [-0.2, -0.15) is 0 Å². The van der Waals surface area contributed by atoms with Gasteiger partial charge >= 0.3 is 41.8 Å². The van der Waals surface area contributed by atoms with Gasteiger partial charge in [-0.15, -0.1) is 0 Å². The van der Waals surface area contributed by atoms with Crippen LogP contribution in [0.5, 0.6) is 0 Å². The van der Waals surface area contributed by atoms with Crippen molar-refractivity contribution < 1.29 is 80.9 Å². The second-order valence-corrected chi connectivity index (χ2v) is 12.8. The molecule has 2 fully saturated rings. The van der Waals surface area contributed by atoms with Gasteiger partial charge in [-0.3, -0.25) is 33.6 Å². The lowest BCUT2D eigenvalue weighted by Gasteiger charge is -2.48. The Balaban J connectivity index is 2.16. The van der Waals surface area contributed by atoms with Gasteiger partial charge in [-0.1, -0.05) is 29.5 Å². The predicted molar refractivity (Wildman–Crippen MR) is 170 cm³/mol. The first-order valence-corrected chi connectivity index (χ1v) is 16.7. The summed E-state index contributed by atoms with van der Waals surface area (Å²) in [4.78, 5) is 86.4. The van der Waals surface area contributed by atoms with Gasteiger partial charge in [0.1, 0.15) is 37.0 Å². The minimum atomic E-state index is -1.75. The largest absolute Gasteiger partial charge is 0.463 e. The number of carbonyl (C=O) groups excluding carboxylic acids is 7. The molecule has 17 nitrogen and oxygen atoms in total. The second kappa shape index (κ2) is 18.8. The number of benzene rings is 1. The molecule has 0 N–H and O–H groups in total. The minimum Gasteiger partial charge on any atom is -0.463 e. The van der Waals surface area contributed by atoms with E-state index >= 15 is 0 Å². The maximum atomic E-state index is 12.6. The lowest BCUT2D eigenvalue weighted by atomic mass is 9.96. The molecule has 2 aliphatic heterocycles. The van der Waals surface area contributed by atoms with E-state index in [1.807, 2.05) is 19.1 Å². The first-order valence-electron chi connectivity index (χ1n) is 15.8. The molecule has 0 aromatic heterocycles. The van der Waals surface area contributed by atoms with Gasteiger partial charge in [-0.05, 0) is 19.1 Å². The maximum absolute atomic E-state index is 12.6. The molecule has 2 saturated heterocycles. The highest BCUT2D eigenvalue weighted by atomic mass is 32.2. The summed E-state index contributed by atoms with van der Waals surface area (Å²) in [5.74, 6) is -5.62. The van der Waals surface area contributed by atoms with Gasteiger partial charge in [0.15, 0.2) is 36.8 Å². The lowest BCUT2D eigenvalue weighted by Crippen LogP contribution is -2.66. The van der Waals surface area contributed by atoms with Crippen LogP contribution in [0.15, 0.2) is 29.2 Å². The molecule has 1 aromatic rings. The van der Waals surface area contributed by atoms with E-state index in [-0.39, 0.29) is 0 Å². The van der Waals surface area contributed by atoms with Crippen molar-refractivity contribution in [2.24, 2.45) is 0 Å². The molecule has 18 heteroatoms. The Morgan fingerprint density at radius 1 is 0.529 bits per heavy atom. The summed E-state index contributed by atoms with van der Waals surface area (Å²) in [6.07, 6.45) is -13.5. The number of esters is 7. The molecule has 10 atom stereocenters. The first-order chi connectivity index (χ1) is 23.9. The van der Waals surface area contributed by atoms with E-state index in [9.17, 15) is 33.6 Å². The fraction of sp³-hybridized carbons (Fsp3) is 0.606. The quantitative estimate of drug-likeness (QED) is 0.208. The van der Waals surface area contributed by atoms with Crippen molar-refractivity contribution >= 4 is 53.5 Å². The third-order valence-electron chi connectivity index (χ3n) is 7.16. The van der Waals surface area contributed by atoms with Crippen LogP contribution in [0.2, 0.25) is 0 Å². The fourth-order valence-corrected chi connectivity index (χ4v) is 6.42. The normalized spacial score (nSPS) is 28.7. The summed E-state index contributed by atoms with van der Waals surface area (Å²) in [6.45, 7) is 8.57. The summed E-state index contributed by atoms with van der Waals surface area (Å²) in [6, 6.07) is 7.30. The summed E-state index contributed by atoms with van der Waals surface area (Å²) in [5, 5.41) is 0. The van der Waals surface area contributed by atoms with Crippen LogP contribution in [0.4, 0.5) is 0 Å². The third-order valence-corrected chi connectivity index (χ3v) is 8.31. The van der Waals surface area contributed by atoms with Crippen molar-refractivity contribution in [1.82, 2.24) is 0 Å². The monoisotopic (exact) mass is 742 g/mol. The number of rotatable bonds is 13. The minimum absolute atomic E-state index is 0.471. The molecular formula is C33H42O17S. The molecule has 51 heavy (non-hydrogen) atoms. The Hall–Kier alpha value is -4.26. The van der Waals surface area contributed by atoms with Crippen LogP contribution in [0.1, 0.15) is 54.0 Å². The van der Waals surface area contributed by atoms with Crippen LogP contribution in [-0.4, -0.2) is 116 Å². The van der Waals surface area contributed by atoms with Crippen LogP contribution >= 0.6 is 11.8 Å². The average molecular weight is 743 g/mol. The van der Waals surface area contributed by atoms with Crippen LogP contribution in [-0.2, 0) is 80.9 Å². The first kappa shape index (κ1) is 41.2. The van der Waals surface area contributed by atoms with Gasteiger partial charge in [-0.25, -0.2) is 0 Å². The number of thioether (sulfide) groups is 1. The van der Waals surface area contributed by atoms with Crippen molar-refractivity contribution in [3.05, 3.63) is 29.8 Å². The highest BCUT2D eigenvalue weighted by molar-refractivity contribution is 7.99.